The van der Waals surface area contributed by atoms with Crippen molar-refractivity contribution >= 4 is 17.5 Å². The van der Waals surface area contributed by atoms with E-state index in [4.69, 9.17) is 11.6 Å². The Balaban J connectivity index is 2.77. The lowest BCUT2D eigenvalue weighted by Crippen LogP contribution is -2.36. The van der Waals surface area contributed by atoms with Crippen LogP contribution in [-0.2, 0) is 0 Å². The molecule has 3 nitrogen and oxygen atoms in total. The van der Waals surface area contributed by atoms with E-state index in [-0.39, 0.29) is 5.54 Å². The molecule has 0 saturated heterocycles. The van der Waals surface area contributed by atoms with Gasteiger partial charge in [-0.25, -0.2) is 9.97 Å². The molecular formula is C10H16ClN3. The highest BCUT2D eigenvalue weighted by molar-refractivity contribution is 6.18. The Labute approximate surface area is 89.9 Å². The van der Waals surface area contributed by atoms with E-state index in [1.807, 2.05) is 13.0 Å². The minimum absolute atomic E-state index is 0.130. The Morgan fingerprint density at radius 3 is 2.79 bits per heavy atom. The van der Waals surface area contributed by atoms with Crippen LogP contribution in [0.5, 0.6) is 0 Å². The number of halogens is 1. The monoisotopic (exact) mass is 213 g/mol. The van der Waals surface area contributed by atoms with Crippen molar-refractivity contribution in [1.29, 1.82) is 0 Å². The molecule has 1 N–H and O–H groups in total. The summed E-state index contributed by atoms with van der Waals surface area (Å²) in [5, 5.41) is 3.24. The molecule has 0 aliphatic carbocycles. The predicted molar refractivity (Wildman–Crippen MR) is 59.8 cm³/mol. The maximum Gasteiger partial charge on any atom is 0.223 e. The van der Waals surface area contributed by atoms with Gasteiger partial charge >= 0.3 is 0 Å². The van der Waals surface area contributed by atoms with Crippen molar-refractivity contribution in [1.82, 2.24) is 9.97 Å². The molecule has 0 saturated carbocycles. The number of nitrogens with zero attached hydrogens (tertiary/aromatic N) is 2. The second-order valence-electron chi connectivity index (χ2n) is 3.69. The van der Waals surface area contributed by atoms with Crippen LogP contribution in [0.2, 0.25) is 0 Å². The van der Waals surface area contributed by atoms with Gasteiger partial charge in [0, 0.05) is 17.8 Å². The number of nitrogens with one attached hydrogen (secondary N) is 1. The van der Waals surface area contributed by atoms with Crippen molar-refractivity contribution in [2.24, 2.45) is 0 Å². The molecule has 0 fully saturated rings. The van der Waals surface area contributed by atoms with Crippen LogP contribution in [0.4, 0.5) is 5.95 Å². The van der Waals surface area contributed by atoms with Crippen molar-refractivity contribution in [2.45, 2.75) is 32.7 Å². The molecule has 1 atom stereocenters. The molecule has 1 heterocycles. The van der Waals surface area contributed by atoms with E-state index >= 15 is 0 Å². The summed E-state index contributed by atoms with van der Waals surface area (Å²) >= 11 is 5.88. The Bertz CT molecular complexity index is 297. The van der Waals surface area contributed by atoms with Crippen molar-refractivity contribution in [2.75, 3.05) is 11.2 Å². The molecule has 0 aliphatic rings. The lowest BCUT2D eigenvalue weighted by molar-refractivity contribution is 0.548. The van der Waals surface area contributed by atoms with Gasteiger partial charge in [0.15, 0.2) is 0 Å². The maximum absolute atomic E-state index is 5.88. The van der Waals surface area contributed by atoms with Crippen molar-refractivity contribution in [3.8, 4) is 0 Å². The molecule has 1 aromatic rings. The zero-order valence-corrected chi connectivity index (χ0v) is 9.60. The molecule has 4 heteroatoms. The lowest BCUT2D eigenvalue weighted by atomic mass is 10.0. The van der Waals surface area contributed by atoms with Gasteiger partial charge in [-0.2, -0.15) is 0 Å². The molecule has 1 unspecified atom stereocenters. The number of hydrogen-bond acceptors (Lipinski definition) is 3. The van der Waals surface area contributed by atoms with Gasteiger partial charge in [-0.05, 0) is 26.3 Å². The highest BCUT2D eigenvalue weighted by Gasteiger charge is 2.21. The average Bonchev–Trinajstić information content (AvgIpc) is 2.18. The van der Waals surface area contributed by atoms with Gasteiger partial charge in [-0.1, -0.05) is 6.92 Å². The van der Waals surface area contributed by atoms with E-state index in [1.54, 1.807) is 6.20 Å². The maximum atomic E-state index is 5.88. The predicted octanol–water partition coefficient (Wildman–Crippen LogP) is 2.60. The fraction of sp³-hybridized carbons (Fsp3) is 0.600. The van der Waals surface area contributed by atoms with E-state index < -0.39 is 0 Å². The van der Waals surface area contributed by atoms with E-state index in [1.165, 1.54) is 0 Å². The second kappa shape index (κ2) is 4.60. The zero-order valence-electron chi connectivity index (χ0n) is 8.84. The van der Waals surface area contributed by atoms with Gasteiger partial charge in [0.1, 0.15) is 0 Å². The van der Waals surface area contributed by atoms with Gasteiger partial charge in [-0.3, -0.25) is 0 Å². The van der Waals surface area contributed by atoms with Gasteiger partial charge in [0.25, 0.3) is 0 Å². The molecule has 0 aliphatic heterocycles. The standard InChI is InChI=1S/C10H16ClN3/c1-4-10(3,7-11)14-9-12-6-5-8(2)13-9/h5-6H,4,7H2,1-3H3,(H,12,13,14). The largest absolute Gasteiger partial charge is 0.348 e. The number of aromatic nitrogens is 2. The molecule has 1 rings (SSSR count). The summed E-state index contributed by atoms with van der Waals surface area (Å²) in [5.74, 6) is 1.19. The van der Waals surface area contributed by atoms with Crippen LogP contribution >= 0.6 is 11.6 Å². The average molecular weight is 214 g/mol. The third-order valence-corrected chi connectivity index (χ3v) is 2.87. The topological polar surface area (TPSA) is 37.8 Å². The molecule has 0 aromatic carbocycles. The summed E-state index contributed by atoms with van der Waals surface area (Å²) < 4.78 is 0. The van der Waals surface area contributed by atoms with E-state index in [0.717, 1.165) is 12.1 Å². The van der Waals surface area contributed by atoms with Gasteiger partial charge in [-0.15, -0.1) is 11.6 Å². The van der Waals surface area contributed by atoms with Crippen LogP contribution in [0.3, 0.4) is 0 Å². The van der Waals surface area contributed by atoms with Crippen molar-refractivity contribution < 1.29 is 0 Å². The fourth-order valence-corrected chi connectivity index (χ4v) is 1.25. The molecule has 0 amide bonds. The van der Waals surface area contributed by atoms with Crippen LogP contribution < -0.4 is 5.32 Å². The third kappa shape index (κ3) is 2.84. The Morgan fingerprint density at radius 2 is 2.29 bits per heavy atom. The van der Waals surface area contributed by atoms with Gasteiger partial charge in [0.2, 0.25) is 5.95 Å². The minimum atomic E-state index is -0.130. The Morgan fingerprint density at radius 1 is 1.57 bits per heavy atom. The summed E-state index contributed by atoms with van der Waals surface area (Å²) in [6.07, 6.45) is 2.68. The van der Waals surface area contributed by atoms with Crippen LogP contribution in [0.1, 0.15) is 26.0 Å². The molecule has 1 aromatic heterocycles. The molecule has 78 valence electrons. The smallest absolute Gasteiger partial charge is 0.223 e. The lowest BCUT2D eigenvalue weighted by Gasteiger charge is -2.26. The quantitative estimate of drug-likeness (QED) is 0.782. The Kier molecular flexibility index (Phi) is 3.69. The van der Waals surface area contributed by atoms with E-state index in [2.05, 4.69) is 29.1 Å². The zero-order chi connectivity index (χ0) is 10.6. The number of anilines is 1. The minimum Gasteiger partial charge on any atom is -0.348 e. The molecule has 0 spiro atoms. The first-order valence-corrected chi connectivity index (χ1v) is 5.27. The van der Waals surface area contributed by atoms with Crippen LogP contribution in [0, 0.1) is 6.92 Å². The molecule has 0 radical (unpaired) electrons. The summed E-state index contributed by atoms with van der Waals surface area (Å²) in [6.45, 7) is 6.09. The highest BCUT2D eigenvalue weighted by Crippen LogP contribution is 2.16. The van der Waals surface area contributed by atoms with Crippen molar-refractivity contribution in [3.05, 3.63) is 18.0 Å². The SMILES string of the molecule is CCC(C)(CCl)Nc1nccc(C)n1. The fourth-order valence-electron chi connectivity index (χ4n) is 0.995. The first-order valence-electron chi connectivity index (χ1n) is 4.73. The molecular weight excluding hydrogens is 198 g/mol. The highest BCUT2D eigenvalue weighted by atomic mass is 35.5. The van der Waals surface area contributed by atoms with Crippen molar-refractivity contribution in [3.63, 3.8) is 0 Å². The summed E-state index contributed by atoms with van der Waals surface area (Å²) in [6, 6.07) is 1.87. The number of alkyl halides is 1. The summed E-state index contributed by atoms with van der Waals surface area (Å²) in [4.78, 5) is 8.41. The van der Waals surface area contributed by atoms with Crippen LogP contribution in [0.25, 0.3) is 0 Å². The van der Waals surface area contributed by atoms with E-state index in [9.17, 15) is 0 Å². The van der Waals surface area contributed by atoms with Gasteiger partial charge in [0.05, 0.1) is 5.54 Å². The molecule has 0 bridgehead atoms. The summed E-state index contributed by atoms with van der Waals surface area (Å²) in [7, 11) is 0. The first kappa shape index (κ1) is 11.2. The van der Waals surface area contributed by atoms with Crippen LogP contribution in [-0.4, -0.2) is 21.4 Å². The van der Waals surface area contributed by atoms with Crippen LogP contribution in [0.15, 0.2) is 12.3 Å². The third-order valence-electron chi connectivity index (χ3n) is 2.28. The normalized spacial score (nSPS) is 14.9. The number of hydrogen-bond donors (Lipinski definition) is 1. The number of aryl methyl sites for hydroxylation is 1. The number of rotatable bonds is 4. The first-order chi connectivity index (χ1) is 6.59. The second-order valence-corrected chi connectivity index (χ2v) is 3.96. The Hall–Kier alpha value is -0.830. The van der Waals surface area contributed by atoms with Gasteiger partial charge < -0.3 is 5.32 Å². The summed E-state index contributed by atoms with van der Waals surface area (Å²) in [5.41, 5.74) is 0.825. The molecule has 14 heavy (non-hydrogen) atoms. The van der Waals surface area contributed by atoms with E-state index in [0.29, 0.717) is 11.8 Å².